The van der Waals surface area contributed by atoms with Crippen molar-refractivity contribution in [1.29, 1.82) is 0 Å². The Labute approximate surface area is 118 Å². The highest BCUT2D eigenvalue weighted by Crippen LogP contribution is 2.24. The van der Waals surface area contributed by atoms with Crippen molar-refractivity contribution < 1.29 is 9.90 Å². The molecule has 2 rings (SSSR count). The number of thiol groups is 1. The lowest BCUT2D eigenvalue weighted by Gasteiger charge is -2.13. The predicted octanol–water partition coefficient (Wildman–Crippen LogP) is 3.78. The third-order valence-corrected chi connectivity index (χ3v) is 3.63. The first-order valence-corrected chi connectivity index (χ1v) is 6.68. The average molecular weight is 272 g/mol. The minimum absolute atomic E-state index is 0.464. The molecule has 1 atom stereocenters. The van der Waals surface area contributed by atoms with Gasteiger partial charge in [-0.1, -0.05) is 48.5 Å². The first-order valence-electron chi connectivity index (χ1n) is 6.23. The number of aryl methyl sites for hydroxylation is 1. The second-order valence-corrected chi connectivity index (χ2v) is 4.95. The Kier molecular flexibility index (Phi) is 4.63. The summed E-state index contributed by atoms with van der Waals surface area (Å²) in [6.07, 6.45) is 1.29. The maximum Gasteiger partial charge on any atom is 0.310 e. The number of aliphatic carboxylic acids is 1. The number of hydrogen-bond acceptors (Lipinski definition) is 2. The first-order chi connectivity index (χ1) is 9.18. The summed E-state index contributed by atoms with van der Waals surface area (Å²) in [5, 5.41) is 9.35. The van der Waals surface area contributed by atoms with Crippen molar-refractivity contribution >= 4 is 18.6 Å². The van der Waals surface area contributed by atoms with Crippen LogP contribution in [-0.2, 0) is 11.2 Å². The third kappa shape index (κ3) is 3.61. The summed E-state index contributed by atoms with van der Waals surface area (Å²) < 4.78 is 0. The van der Waals surface area contributed by atoms with E-state index < -0.39 is 11.9 Å². The van der Waals surface area contributed by atoms with Crippen LogP contribution in [0.15, 0.2) is 59.5 Å². The van der Waals surface area contributed by atoms with Gasteiger partial charge in [-0.3, -0.25) is 4.79 Å². The number of benzene rings is 2. The van der Waals surface area contributed by atoms with Gasteiger partial charge in [0.25, 0.3) is 0 Å². The van der Waals surface area contributed by atoms with Crippen LogP contribution in [0.1, 0.15) is 23.5 Å². The zero-order chi connectivity index (χ0) is 13.7. The Morgan fingerprint density at radius 2 is 1.68 bits per heavy atom. The van der Waals surface area contributed by atoms with E-state index in [0.717, 1.165) is 16.0 Å². The molecule has 0 radical (unpaired) electrons. The largest absolute Gasteiger partial charge is 0.481 e. The molecular weight excluding hydrogens is 256 g/mol. The third-order valence-electron chi connectivity index (χ3n) is 3.19. The molecule has 2 nitrogen and oxygen atoms in total. The second kappa shape index (κ2) is 6.43. The van der Waals surface area contributed by atoms with Gasteiger partial charge >= 0.3 is 5.97 Å². The lowest BCUT2D eigenvalue weighted by Crippen LogP contribution is -2.12. The average Bonchev–Trinajstić information content (AvgIpc) is 2.42. The van der Waals surface area contributed by atoms with Crippen LogP contribution < -0.4 is 0 Å². The van der Waals surface area contributed by atoms with Crippen molar-refractivity contribution in [3.8, 4) is 0 Å². The molecular formula is C16H16O2S. The number of carboxylic acids is 1. The molecule has 0 aliphatic carbocycles. The van der Waals surface area contributed by atoms with E-state index in [9.17, 15) is 9.90 Å². The Bertz CT molecular complexity index is 552. The predicted molar refractivity (Wildman–Crippen MR) is 78.8 cm³/mol. The summed E-state index contributed by atoms with van der Waals surface area (Å²) in [4.78, 5) is 12.3. The monoisotopic (exact) mass is 272 g/mol. The van der Waals surface area contributed by atoms with Crippen molar-refractivity contribution in [2.75, 3.05) is 0 Å². The molecule has 2 aromatic rings. The quantitative estimate of drug-likeness (QED) is 0.813. The highest BCUT2D eigenvalue weighted by atomic mass is 32.1. The van der Waals surface area contributed by atoms with Crippen LogP contribution in [-0.4, -0.2) is 11.1 Å². The summed E-state index contributed by atoms with van der Waals surface area (Å²) in [7, 11) is 0. The Morgan fingerprint density at radius 1 is 1.05 bits per heavy atom. The smallest absolute Gasteiger partial charge is 0.310 e. The van der Waals surface area contributed by atoms with Gasteiger partial charge in [-0.15, -0.1) is 12.6 Å². The van der Waals surface area contributed by atoms with Crippen LogP contribution in [0, 0.1) is 0 Å². The second-order valence-electron chi connectivity index (χ2n) is 4.47. The standard InChI is InChI=1S/C16H16O2S/c17-16(18)14(12-6-2-1-3-7-12)11-10-13-8-4-5-9-15(13)19/h1-9,14,19H,10-11H2,(H,17,18). The van der Waals surface area contributed by atoms with Gasteiger partial charge in [-0.05, 0) is 30.0 Å². The van der Waals surface area contributed by atoms with Gasteiger partial charge in [0.2, 0.25) is 0 Å². The molecule has 0 amide bonds. The lowest BCUT2D eigenvalue weighted by atomic mass is 9.92. The number of carbonyl (C=O) groups is 1. The van der Waals surface area contributed by atoms with Gasteiger partial charge in [0.05, 0.1) is 5.92 Å². The summed E-state index contributed by atoms with van der Waals surface area (Å²) in [5.41, 5.74) is 1.94. The zero-order valence-corrected chi connectivity index (χ0v) is 11.4. The highest BCUT2D eigenvalue weighted by Gasteiger charge is 2.19. The minimum atomic E-state index is -0.775. The molecule has 2 aromatic carbocycles. The summed E-state index contributed by atoms with van der Waals surface area (Å²) >= 11 is 4.39. The van der Waals surface area contributed by atoms with Gasteiger partial charge in [-0.25, -0.2) is 0 Å². The number of carboxylic acid groups (broad SMARTS) is 1. The van der Waals surface area contributed by atoms with E-state index in [2.05, 4.69) is 12.6 Å². The Balaban J connectivity index is 2.11. The molecule has 0 aliphatic heterocycles. The van der Waals surface area contributed by atoms with E-state index in [0.29, 0.717) is 12.8 Å². The molecule has 0 aromatic heterocycles. The van der Waals surface area contributed by atoms with Crippen molar-refractivity contribution in [3.63, 3.8) is 0 Å². The van der Waals surface area contributed by atoms with Crippen LogP contribution in [0.25, 0.3) is 0 Å². The number of hydrogen-bond donors (Lipinski definition) is 2. The van der Waals surface area contributed by atoms with E-state index >= 15 is 0 Å². The molecule has 3 heteroatoms. The molecule has 0 bridgehead atoms. The fourth-order valence-electron chi connectivity index (χ4n) is 2.14. The fourth-order valence-corrected chi connectivity index (χ4v) is 2.41. The zero-order valence-electron chi connectivity index (χ0n) is 10.5. The van der Waals surface area contributed by atoms with E-state index in [1.165, 1.54) is 0 Å². The molecule has 0 spiro atoms. The van der Waals surface area contributed by atoms with Gasteiger partial charge in [-0.2, -0.15) is 0 Å². The fraction of sp³-hybridized carbons (Fsp3) is 0.188. The molecule has 0 saturated carbocycles. The van der Waals surface area contributed by atoms with Crippen molar-refractivity contribution in [3.05, 3.63) is 65.7 Å². The van der Waals surface area contributed by atoms with Crippen LogP contribution in [0.2, 0.25) is 0 Å². The van der Waals surface area contributed by atoms with Gasteiger partial charge in [0, 0.05) is 4.90 Å². The maximum atomic E-state index is 11.4. The molecule has 1 N–H and O–H groups in total. The maximum absolute atomic E-state index is 11.4. The van der Waals surface area contributed by atoms with E-state index in [1.54, 1.807) is 0 Å². The summed E-state index contributed by atoms with van der Waals surface area (Å²) in [6, 6.07) is 17.2. The van der Waals surface area contributed by atoms with Crippen molar-refractivity contribution in [1.82, 2.24) is 0 Å². The summed E-state index contributed by atoms with van der Waals surface area (Å²) in [6.45, 7) is 0. The van der Waals surface area contributed by atoms with Crippen molar-refractivity contribution in [2.24, 2.45) is 0 Å². The van der Waals surface area contributed by atoms with Gasteiger partial charge in [0.15, 0.2) is 0 Å². The topological polar surface area (TPSA) is 37.3 Å². The lowest BCUT2D eigenvalue weighted by molar-refractivity contribution is -0.138. The Hall–Kier alpha value is -1.74. The summed E-state index contributed by atoms with van der Waals surface area (Å²) in [5.74, 6) is -1.24. The molecule has 19 heavy (non-hydrogen) atoms. The van der Waals surface area contributed by atoms with Gasteiger partial charge in [0.1, 0.15) is 0 Å². The molecule has 0 saturated heterocycles. The van der Waals surface area contributed by atoms with E-state index in [-0.39, 0.29) is 0 Å². The van der Waals surface area contributed by atoms with Crippen LogP contribution >= 0.6 is 12.6 Å². The van der Waals surface area contributed by atoms with Crippen molar-refractivity contribution in [2.45, 2.75) is 23.7 Å². The molecule has 0 heterocycles. The van der Waals surface area contributed by atoms with Gasteiger partial charge < -0.3 is 5.11 Å². The first kappa shape index (κ1) is 13.7. The number of rotatable bonds is 5. The van der Waals surface area contributed by atoms with E-state index in [1.807, 2.05) is 54.6 Å². The van der Waals surface area contributed by atoms with E-state index in [4.69, 9.17) is 0 Å². The van der Waals surface area contributed by atoms with Crippen LogP contribution in [0.4, 0.5) is 0 Å². The molecule has 0 aliphatic rings. The normalized spacial score (nSPS) is 12.1. The molecule has 1 unspecified atom stereocenters. The molecule has 98 valence electrons. The Morgan fingerprint density at radius 3 is 2.32 bits per heavy atom. The minimum Gasteiger partial charge on any atom is -0.481 e. The van der Waals surface area contributed by atoms with Crippen LogP contribution in [0.3, 0.4) is 0 Å². The van der Waals surface area contributed by atoms with Crippen LogP contribution in [0.5, 0.6) is 0 Å². The SMILES string of the molecule is O=C(O)C(CCc1ccccc1S)c1ccccc1. The molecule has 0 fully saturated rings. The highest BCUT2D eigenvalue weighted by molar-refractivity contribution is 7.80.